The third-order valence-electron chi connectivity index (χ3n) is 4.08. The second-order valence-electron chi connectivity index (χ2n) is 6.42. The normalized spacial score (nSPS) is 10.9. The van der Waals surface area contributed by atoms with Crippen LogP contribution in [-0.2, 0) is 9.59 Å². The van der Waals surface area contributed by atoms with Crippen LogP contribution in [0.1, 0.15) is 31.1 Å². The van der Waals surface area contributed by atoms with Gasteiger partial charge in [0.25, 0.3) is 0 Å². The fraction of sp³-hybridized carbons (Fsp3) is 0.250. The van der Waals surface area contributed by atoms with Crippen LogP contribution >= 0.6 is 0 Å². The summed E-state index contributed by atoms with van der Waals surface area (Å²) in [6, 6.07) is 15.8. The van der Waals surface area contributed by atoms with E-state index >= 15 is 0 Å². The van der Waals surface area contributed by atoms with Gasteiger partial charge in [0.2, 0.25) is 11.8 Å². The minimum absolute atomic E-state index is 0.0877. The molecule has 0 saturated heterocycles. The van der Waals surface area contributed by atoms with Crippen LogP contribution in [0.25, 0.3) is 0 Å². The topological polar surface area (TPSA) is 66.5 Å². The molecule has 0 saturated carbocycles. The zero-order chi connectivity index (χ0) is 18.6. The van der Waals surface area contributed by atoms with Gasteiger partial charge in [-0.05, 0) is 45.0 Å². The first-order chi connectivity index (χ1) is 11.7. The van der Waals surface area contributed by atoms with Crippen LogP contribution < -0.4 is 10.2 Å². The number of benzene rings is 2. The van der Waals surface area contributed by atoms with E-state index in [-0.39, 0.29) is 11.7 Å². The molecule has 130 valence electrons. The maximum atomic E-state index is 12.8. The van der Waals surface area contributed by atoms with Crippen molar-refractivity contribution < 1.29 is 14.4 Å². The number of amides is 2. The number of carbonyl (C=O) groups excluding carboxylic acids is 3. The van der Waals surface area contributed by atoms with Crippen molar-refractivity contribution in [2.75, 3.05) is 17.3 Å². The third-order valence-corrected chi connectivity index (χ3v) is 4.08. The Morgan fingerprint density at radius 3 is 2.20 bits per heavy atom. The second-order valence-corrected chi connectivity index (χ2v) is 6.42. The molecule has 5 nitrogen and oxygen atoms in total. The average Bonchev–Trinajstić information content (AvgIpc) is 2.61. The minimum atomic E-state index is -1.27. The van der Waals surface area contributed by atoms with Crippen molar-refractivity contribution in [2.24, 2.45) is 5.41 Å². The molecule has 2 aromatic rings. The Morgan fingerprint density at radius 1 is 0.960 bits per heavy atom. The first-order valence-electron chi connectivity index (χ1n) is 7.99. The summed E-state index contributed by atoms with van der Waals surface area (Å²) in [5, 5.41) is 2.73. The van der Waals surface area contributed by atoms with Gasteiger partial charge in [0, 0.05) is 24.0 Å². The van der Waals surface area contributed by atoms with E-state index < -0.39 is 11.3 Å². The van der Waals surface area contributed by atoms with Gasteiger partial charge >= 0.3 is 0 Å². The molecular formula is C20H22N2O3. The molecule has 0 unspecified atom stereocenters. The highest BCUT2D eigenvalue weighted by Gasteiger charge is 2.38. The van der Waals surface area contributed by atoms with Crippen molar-refractivity contribution in [3.8, 4) is 0 Å². The fourth-order valence-corrected chi connectivity index (χ4v) is 2.39. The Kier molecular flexibility index (Phi) is 5.37. The largest absolute Gasteiger partial charge is 0.325 e. The molecule has 0 bridgehead atoms. The summed E-state index contributed by atoms with van der Waals surface area (Å²) in [4.78, 5) is 38.4. The summed E-state index contributed by atoms with van der Waals surface area (Å²) in [6.07, 6.45) is 0. The molecule has 0 heterocycles. The van der Waals surface area contributed by atoms with E-state index in [1.807, 2.05) is 30.3 Å². The molecule has 2 rings (SSSR count). The van der Waals surface area contributed by atoms with Crippen LogP contribution in [0.4, 0.5) is 11.4 Å². The van der Waals surface area contributed by atoms with Crippen molar-refractivity contribution in [3.05, 3.63) is 60.2 Å². The number of para-hydroxylation sites is 1. The number of hydrogen-bond donors (Lipinski definition) is 1. The molecule has 0 fully saturated rings. The molecule has 1 N–H and O–H groups in total. The van der Waals surface area contributed by atoms with Gasteiger partial charge in [-0.2, -0.15) is 0 Å². The van der Waals surface area contributed by atoms with Crippen LogP contribution in [-0.4, -0.2) is 24.6 Å². The van der Waals surface area contributed by atoms with Gasteiger partial charge in [0.1, 0.15) is 5.41 Å². The van der Waals surface area contributed by atoms with Gasteiger partial charge < -0.3 is 10.2 Å². The fourth-order valence-electron chi connectivity index (χ4n) is 2.39. The SMILES string of the molecule is CC(=O)c1cccc(NC(=O)C(C)(C)C(=O)N(C)c2ccccc2)c1. The highest BCUT2D eigenvalue weighted by atomic mass is 16.2. The summed E-state index contributed by atoms with van der Waals surface area (Å²) < 4.78 is 0. The van der Waals surface area contributed by atoms with E-state index in [2.05, 4.69) is 5.32 Å². The first kappa shape index (κ1) is 18.4. The molecular weight excluding hydrogens is 316 g/mol. The maximum absolute atomic E-state index is 12.8. The summed E-state index contributed by atoms with van der Waals surface area (Å²) in [6.45, 7) is 4.63. The van der Waals surface area contributed by atoms with Crippen molar-refractivity contribution in [3.63, 3.8) is 0 Å². The van der Waals surface area contributed by atoms with E-state index in [1.54, 1.807) is 45.2 Å². The minimum Gasteiger partial charge on any atom is -0.325 e. The number of ketones is 1. The summed E-state index contributed by atoms with van der Waals surface area (Å²) >= 11 is 0. The first-order valence-corrected chi connectivity index (χ1v) is 7.99. The highest BCUT2D eigenvalue weighted by Crippen LogP contribution is 2.25. The van der Waals surface area contributed by atoms with Gasteiger partial charge in [0.15, 0.2) is 5.78 Å². The molecule has 2 amide bonds. The summed E-state index contributed by atoms with van der Waals surface area (Å²) in [5.41, 5.74) is 0.438. The predicted octanol–water partition coefficient (Wildman–Crippen LogP) is 3.52. The number of anilines is 2. The maximum Gasteiger partial charge on any atom is 0.241 e. The summed E-state index contributed by atoms with van der Waals surface area (Å²) in [5.74, 6) is -0.838. The monoisotopic (exact) mass is 338 g/mol. The average molecular weight is 338 g/mol. The number of nitrogens with zero attached hydrogens (tertiary/aromatic N) is 1. The molecule has 0 aliphatic carbocycles. The van der Waals surface area contributed by atoms with Crippen LogP contribution in [0, 0.1) is 5.41 Å². The zero-order valence-electron chi connectivity index (χ0n) is 14.9. The molecule has 0 aromatic heterocycles. The van der Waals surface area contributed by atoms with Crippen LogP contribution in [0.3, 0.4) is 0 Å². The number of rotatable bonds is 5. The molecule has 2 aromatic carbocycles. The lowest BCUT2D eigenvalue weighted by Gasteiger charge is -2.28. The van der Waals surface area contributed by atoms with E-state index in [1.165, 1.54) is 11.8 Å². The van der Waals surface area contributed by atoms with Gasteiger partial charge in [-0.15, -0.1) is 0 Å². The van der Waals surface area contributed by atoms with Crippen molar-refractivity contribution in [2.45, 2.75) is 20.8 Å². The molecule has 0 aliphatic heterocycles. The Balaban J connectivity index is 2.18. The lowest BCUT2D eigenvalue weighted by atomic mass is 9.90. The van der Waals surface area contributed by atoms with Crippen LogP contribution in [0.5, 0.6) is 0 Å². The number of nitrogens with one attached hydrogen (secondary N) is 1. The van der Waals surface area contributed by atoms with Crippen LogP contribution in [0.2, 0.25) is 0 Å². The van der Waals surface area contributed by atoms with Gasteiger partial charge in [-0.1, -0.05) is 30.3 Å². The van der Waals surface area contributed by atoms with E-state index in [0.717, 1.165) is 0 Å². The molecule has 25 heavy (non-hydrogen) atoms. The lowest BCUT2D eigenvalue weighted by Crippen LogP contribution is -2.46. The van der Waals surface area contributed by atoms with Crippen LogP contribution in [0.15, 0.2) is 54.6 Å². The second kappa shape index (κ2) is 7.30. The Morgan fingerprint density at radius 2 is 1.60 bits per heavy atom. The zero-order valence-corrected chi connectivity index (χ0v) is 14.9. The molecule has 0 radical (unpaired) electrons. The predicted molar refractivity (Wildman–Crippen MR) is 98.7 cm³/mol. The van der Waals surface area contributed by atoms with E-state index in [0.29, 0.717) is 16.9 Å². The molecule has 0 atom stereocenters. The number of carbonyl (C=O) groups is 3. The number of hydrogen-bond acceptors (Lipinski definition) is 3. The smallest absolute Gasteiger partial charge is 0.241 e. The number of Topliss-reactive ketones (excluding diaryl/α,β-unsaturated/α-hetero) is 1. The van der Waals surface area contributed by atoms with Crippen molar-refractivity contribution in [1.82, 2.24) is 0 Å². The van der Waals surface area contributed by atoms with Crippen molar-refractivity contribution in [1.29, 1.82) is 0 Å². The molecule has 0 aliphatic rings. The van der Waals surface area contributed by atoms with E-state index in [9.17, 15) is 14.4 Å². The Bertz CT molecular complexity index is 798. The quantitative estimate of drug-likeness (QED) is 0.670. The molecule has 0 spiro atoms. The van der Waals surface area contributed by atoms with Gasteiger partial charge in [-0.3, -0.25) is 14.4 Å². The standard InChI is InChI=1S/C20H22N2O3/c1-14(23)15-9-8-10-16(13-15)21-18(24)20(2,3)19(25)22(4)17-11-6-5-7-12-17/h5-13H,1-4H3,(H,21,24). The molecule has 5 heteroatoms. The highest BCUT2D eigenvalue weighted by molar-refractivity contribution is 6.14. The Hall–Kier alpha value is -2.95. The summed E-state index contributed by atoms with van der Waals surface area (Å²) in [7, 11) is 1.64. The van der Waals surface area contributed by atoms with E-state index in [4.69, 9.17) is 0 Å². The lowest BCUT2D eigenvalue weighted by molar-refractivity contribution is -0.136. The van der Waals surface area contributed by atoms with Crippen molar-refractivity contribution >= 4 is 29.0 Å². The van der Waals surface area contributed by atoms with Gasteiger partial charge in [-0.25, -0.2) is 0 Å². The third kappa shape index (κ3) is 4.12. The van der Waals surface area contributed by atoms with Gasteiger partial charge in [0.05, 0.1) is 0 Å². The Labute approximate surface area is 147 Å².